The van der Waals surface area contributed by atoms with Crippen LogP contribution in [0.1, 0.15) is 25.7 Å². The van der Waals surface area contributed by atoms with Crippen LogP contribution in [0.2, 0.25) is 0 Å². The number of hydrogen-bond acceptors (Lipinski definition) is 3. The minimum absolute atomic E-state index is 0.0447. The molecule has 0 aliphatic carbocycles. The summed E-state index contributed by atoms with van der Waals surface area (Å²) >= 11 is 0. The smallest absolute Gasteiger partial charge is 0.314 e. The van der Waals surface area contributed by atoms with E-state index in [4.69, 9.17) is 5.11 Å². The minimum atomic E-state index is -0.832. The normalized spacial score (nSPS) is 9.67. The summed E-state index contributed by atoms with van der Waals surface area (Å²) in [5, 5.41) is 13.5. The standard InChI is InChI=1S/C11H21N3O4/c1-14(2)9(15)6-8-13-11(18)12-7-4-3-5-10(16)17/h3-8H2,1-2H3,(H,16,17)(H2,12,13,18). The van der Waals surface area contributed by atoms with Crippen LogP contribution in [0.25, 0.3) is 0 Å². The SMILES string of the molecule is CN(C)C(=O)CCNC(=O)NCCCCC(=O)O. The molecule has 0 fully saturated rings. The van der Waals surface area contributed by atoms with Crippen molar-refractivity contribution >= 4 is 17.9 Å². The molecule has 0 saturated heterocycles. The van der Waals surface area contributed by atoms with Crippen LogP contribution in [0, 0.1) is 0 Å². The molecule has 0 atom stereocenters. The minimum Gasteiger partial charge on any atom is -0.481 e. The highest BCUT2D eigenvalue weighted by atomic mass is 16.4. The highest BCUT2D eigenvalue weighted by molar-refractivity contribution is 5.77. The molecule has 0 spiro atoms. The Hall–Kier alpha value is -1.79. The molecule has 104 valence electrons. The zero-order valence-electron chi connectivity index (χ0n) is 10.9. The van der Waals surface area contributed by atoms with E-state index in [0.29, 0.717) is 19.4 Å². The van der Waals surface area contributed by atoms with Crippen LogP contribution in [0.3, 0.4) is 0 Å². The Morgan fingerprint density at radius 3 is 2.17 bits per heavy atom. The van der Waals surface area contributed by atoms with E-state index < -0.39 is 5.97 Å². The van der Waals surface area contributed by atoms with Gasteiger partial charge in [0, 0.05) is 40.0 Å². The Labute approximate surface area is 107 Å². The van der Waals surface area contributed by atoms with E-state index in [2.05, 4.69) is 10.6 Å². The van der Waals surface area contributed by atoms with Gasteiger partial charge in [0.1, 0.15) is 0 Å². The molecule has 0 unspecified atom stereocenters. The Kier molecular flexibility index (Phi) is 8.34. The van der Waals surface area contributed by atoms with Crippen molar-refractivity contribution in [3.05, 3.63) is 0 Å². The summed E-state index contributed by atoms with van der Waals surface area (Å²) in [5.41, 5.74) is 0. The Bertz CT molecular complexity index is 292. The molecule has 0 rings (SSSR count). The first-order chi connectivity index (χ1) is 8.43. The van der Waals surface area contributed by atoms with Gasteiger partial charge in [-0.2, -0.15) is 0 Å². The Morgan fingerprint density at radius 2 is 1.61 bits per heavy atom. The number of nitrogens with one attached hydrogen (secondary N) is 2. The van der Waals surface area contributed by atoms with Gasteiger partial charge in [0.05, 0.1) is 0 Å². The number of carboxylic acid groups (broad SMARTS) is 1. The summed E-state index contributed by atoms with van der Waals surface area (Å²) in [6.45, 7) is 0.721. The number of unbranched alkanes of at least 4 members (excludes halogenated alkanes) is 1. The van der Waals surface area contributed by atoms with E-state index >= 15 is 0 Å². The number of aliphatic carboxylic acids is 1. The molecule has 0 bridgehead atoms. The van der Waals surface area contributed by atoms with Crippen LogP contribution in [0.5, 0.6) is 0 Å². The van der Waals surface area contributed by atoms with Crippen molar-refractivity contribution in [2.45, 2.75) is 25.7 Å². The zero-order valence-corrected chi connectivity index (χ0v) is 10.9. The molecule has 0 aromatic carbocycles. The first-order valence-corrected chi connectivity index (χ1v) is 5.87. The summed E-state index contributed by atoms with van der Waals surface area (Å²) in [5.74, 6) is -0.876. The van der Waals surface area contributed by atoms with Crippen LogP contribution in [0.15, 0.2) is 0 Å². The van der Waals surface area contributed by atoms with Gasteiger partial charge in [-0.3, -0.25) is 9.59 Å². The molecule has 3 N–H and O–H groups in total. The number of carbonyl (C=O) groups excluding carboxylic acids is 2. The van der Waals surface area contributed by atoms with Crippen molar-refractivity contribution in [1.82, 2.24) is 15.5 Å². The third-order valence-corrected chi connectivity index (χ3v) is 2.23. The zero-order chi connectivity index (χ0) is 14.0. The van der Waals surface area contributed by atoms with Crippen LogP contribution in [0.4, 0.5) is 4.79 Å². The highest BCUT2D eigenvalue weighted by Crippen LogP contribution is 1.93. The first-order valence-electron chi connectivity index (χ1n) is 5.87. The lowest BCUT2D eigenvalue weighted by Crippen LogP contribution is -2.38. The highest BCUT2D eigenvalue weighted by Gasteiger charge is 2.05. The number of urea groups is 1. The third-order valence-electron chi connectivity index (χ3n) is 2.23. The molecule has 3 amide bonds. The second kappa shape index (κ2) is 9.26. The molecule has 0 heterocycles. The van der Waals surface area contributed by atoms with Crippen LogP contribution in [-0.2, 0) is 9.59 Å². The summed E-state index contributed by atoms with van der Waals surface area (Å²) in [6.07, 6.45) is 1.53. The summed E-state index contributed by atoms with van der Waals surface area (Å²) < 4.78 is 0. The fraction of sp³-hybridized carbons (Fsp3) is 0.727. The predicted molar refractivity (Wildman–Crippen MR) is 66.2 cm³/mol. The fourth-order valence-electron chi connectivity index (χ4n) is 1.17. The van der Waals surface area contributed by atoms with Gasteiger partial charge in [-0.05, 0) is 12.8 Å². The third kappa shape index (κ3) is 9.44. The van der Waals surface area contributed by atoms with Crippen molar-refractivity contribution in [1.29, 1.82) is 0 Å². The van der Waals surface area contributed by atoms with Gasteiger partial charge >= 0.3 is 12.0 Å². The lowest BCUT2D eigenvalue weighted by atomic mass is 10.2. The second-order valence-corrected chi connectivity index (χ2v) is 4.07. The lowest BCUT2D eigenvalue weighted by molar-refractivity contribution is -0.137. The van der Waals surface area contributed by atoms with Crippen LogP contribution < -0.4 is 10.6 Å². The number of amides is 3. The van der Waals surface area contributed by atoms with Gasteiger partial charge in [-0.1, -0.05) is 0 Å². The van der Waals surface area contributed by atoms with Gasteiger partial charge in [0.15, 0.2) is 0 Å². The van der Waals surface area contributed by atoms with Crippen molar-refractivity contribution < 1.29 is 19.5 Å². The second-order valence-electron chi connectivity index (χ2n) is 4.07. The van der Waals surface area contributed by atoms with E-state index in [1.165, 1.54) is 4.90 Å². The van der Waals surface area contributed by atoms with Gasteiger partial charge in [-0.25, -0.2) is 4.79 Å². The quantitative estimate of drug-likeness (QED) is 0.535. The van der Waals surface area contributed by atoms with Crippen molar-refractivity contribution in [3.63, 3.8) is 0 Å². The summed E-state index contributed by atoms with van der Waals surface area (Å²) in [7, 11) is 3.32. The van der Waals surface area contributed by atoms with Crippen LogP contribution >= 0.6 is 0 Å². The monoisotopic (exact) mass is 259 g/mol. The maximum absolute atomic E-state index is 11.2. The van der Waals surface area contributed by atoms with Gasteiger partial charge < -0.3 is 20.6 Å². The van der Waals surface area contributed by atoms with Gasteiger partial charge in [0.2, 0.25) is 5.91 Å². The summed E-state index contributed by atoms with van der Waals surface area (Å²) in [6, 6.07) is -0.336. The number of carbonyl (C=O) groups is 3. The molecule has 0 aromatic rings. The molecule has 0 aromatic heterocycles. The number of carboxylic acids is 1. The number of nitrogens with zero attached hydrogens (tertiary/aromatic N) is 1. The molecule has 0 aliphatic heterocycles. The molecular weight excluding hydrogens is 238 g/mol. The summed E-state index contributed by atoms with van der Waals surface area (Å²) in [4.78, 5) is 34.1. The number of rotatable bonds is 8. The number of hydrogen-bond donors (Lipinski definition) is 3. The Morgan fingerprint density at radius 1 is 1.00 bits per heavy atom. The molecule has 7 heteroatoms. The fourth-order valence-corrected chi connectivity index (χ4v) is 1.17. The largest absolute Gasteiger partial charge is 0.481 e. The maximum Gasteiger partial charge on any atom is 0.314 e. The molecular formula is C11H21N3O4. The van der Waals surface area contributed by atoms with Crippen molar-refractivity contribution in [3.8, 4) is 0 Å². The molecule has 0 saturated carbocycles. The van der Waals surface area contributed by atoms with E-state index in [1.807, 2.05) is 0 Å². The Balaban J connectivity index is 3.43. The van der Waals surface area contributed by atoms with E-state index in [1.54, 1.807) is 14.1 Å². The molecule has 0 radical (unpaired) electrons. The molecule has 0 aliphatic rings. The van der Waals surface area contributed by atoms with Gasteiger partial charge in [-0.15, -0.1) is 0 Å². The predicted octanol–water partition coefficient (Wildman–Crippen LogP) is 0.0188. The van der Waals surface area contributed by atoms with Gasteiger partial charge in [0.25, 0.3) is 0 Å². The average molecular weight is 259 g/mol. The molecule has 18 heavy (non-hydrogen) atoms. The maximum atomic E-state index is 11.2. The lowest BCUT2D eigenvalue weighted by Gasteiger charge is -2.11. The first kappa shape index (κ1) is 16.2. The van der Waals surface area contributed by atoms with E-state index in [0.717, 1.165) is 0 Å². The topological polar surface area (TPSA) is 98.7 Å². The van der Waals surface area contributed by atoms with Crippen LogP contribution in [-0.4, -0.2) is 55.1 Å². The van der Waals surface area contributed by atoms with E-state index in [-0.39, 0.29) is 31.3 Å². The van der Waals surface area contributed by atoms with E-state index in [9.17, 15) is 14.4 Å². The van der Waals surface area contributed by atoms with Crippen molar-refractivity contribution in [2.24, 2.45) is 0 Å². The molecule has 7 nitrogen and oxygen atoms in total. The van der Waals surface area contributed by atoms with Crippen molar-refractivity contribution in [2.75, 3.05) is 27.2 Å². The average Bonchev–Trinajstić information content (AvgIpc) is 2.27.